The molecule has 2 amide bonds. The predicted octanol–water partition coefficient (Wildman–Crippen LogP) is 2.89. The van der Waals surface area contributed by atoms with Gasteiger partial charge in [0, 0.05) is 49.8 Å². The average molecular weight is 348 g/mol. The van der Waals surface area contributed by atoms with E-state index in [2.05, 4.69) is 10.3 Å². The average Bonchev–Trinajstić information content (AvgIpc) is 3.15. The lowest BCUT2D eigenvalue weighted by Crippen LogP contribution is -2.21. The molecule has 0 aliphatic rings. The molecular formula is C20H20N4O2. The number of aromatic nitrogens is 2. The van der Waals surface area contributed by atoms with E-state index in [1.165, 1.54) is 4.90 Å². The third-order valence-electron chi connectivity index (χ3n) is 3.94. The van der Waals surface area contributed by atoms with Crippen LogP contribution in [0.15, 0.2) is 67.3 Å². The Morgan fingerprint density at radius 1 is 1.00 bits per heavy atom. The van der Waals surface area contributed by atoms with E-state index in [4.69, 9.17) is 0 Å². The van der Waals surface area contributed by atoms with Gasteiger partial charge in [-0.2, -0.15) is 0 Å². The second-order valence-corrected chi connectivity index (χ2v) is 6.16. The largest absolute Gasteiger partial charge is 0.345 e. The Morgan fingerprint density at radius 2 is 1.65 bits per heavy atom. The number of hydrogen-bond donors (Lipinski definition) is 1. The quantitative estimate of drug-likeness (QED) is 0.771. The molecule has 3 aromatic rings. The van der Waals surface area contributed by atoms with Crippen molar-refractivity contribution < 1.29 is 9.59 Å². The number of anilines is 1. The predicted molar refractivity (Wildman–Crippen MR) is 100 cm³/mol. The molecule has 1 N–H and O–H groups in total. The van der Waals surface area contributed by atoms with Crippen LogP contribution in [0.3, 0.4) is 0 Å². The van der Waals surface area contributed by atoms with Crippen molar-refractivity contribution in [1.82, 2.24) is 14.5 Å². The molecule has 26 heavy (non-hydrogen) atoms. The Bertz CT molecular complexity index is 883. The number of amides is 2. The summed E-state index contributed by atoms with van der Waals surface area (Å²) in [5.74, 6) is -0.262. The smallest absolute Gasteiger partial charge is 0.255 e. The van der Waals surface area contributed by atoms with Gasteiger partial charge in [-0.05, 0) is 42.0 Å². The van der Waals surface area contributed by atoms with Crippen molar-refractivity contribution in [2.24, 2.45) is 0 Å². The molecule has 0 aliphatic carbocycles. The third-order valence-corrected chi connectivity index (χ3v) is 3.94. The van der Waals surface area contributed by atoms with Crippen LogP contribution >= 0.6 is 0 Å². The highest BCUT2D eigenvalue weighted by Crippen LogP contribution is 2.13. The molecule has 0 bridgehead atoms. The van der Waals surface area contributed by atoms with Gasteiger partial charge in [0.05, 0.1) is 6.33 Å². The Kier molecular flexibility index (Phi) is 5.12. The maximum Gasteiger partial charge on any atom is 0.255 e. The fraction of sp³-hybridized carbons (Fsp3) is 0.150. The summed E-state index contributed by atoms with van der Waals surface area (Å²) in [5.41, 5.74) is 2.89. The number of nitrogens with one attached hydrogen (secondary N) is 1. The van der Waals surface area contributed by atoms with Gasteiger partial charge < -0.3 is 14.8 Å². The molecule has 6 nitrogen and oxygen atoms in total. The van der Waals surface area contributed by atoms with E-state index in [1.807, 2.05) is 22.9 Å². The van der Waals surface area contributed by atoms with Gasteiger partial charge in [-0.25, -0.2) is 4.98 Å². The van der Waals surface area contributed by atoms with E-state index >= 15 is 0 Å². The van der Waals surface area contributed by atoms with Crippen molar-refractivity contribution in [2.75, 3.05) is 19.4 Å². The van der Waals surface area contributed by atoms with E-state index < -0.39 is 0 Å². The molecule has 1 aromatic heterocycles. The summed E-state index contributed by atoms with van der Waals surface area (Å²) in [6.07, 6.45) is 5.38. The summed E-state index contributed by atoms with van der Waals surface area (Å²) >= 11 is 0. The standard InChI is InChI=1S/C20H20N4O2/c1-23(2)20(26)17-7-9-18(10-8-17)22-19(25)16-5-3-15(4-6-16)13-24-12-11-21-14-24/h3-12,14H,13H2,1-2H3,(H,22,25). The molecule has 0 atom stereocenters. The molecular weight excluding hydrogens is 328 g/mol. The Morgan fingerprint density at radius 3 is 2.23 bits per heavy atom. The maximum absolute atomic E-state index is 12.4. The van der Waals surface area contributed by atoms with Gasteiger partial charge in [-0.15, -0.1) is 0 Å². The molecule has 132 valence electrons. The topological polar surface area (TPSA) is 67.2 Å². The SMILES string of the molecule is CN(C)C(=O)c1ccc(NC(=O)c2ccc(Cn3ccnc3)cc2)cc1. The van der Waals surface area contributed by atoms with E-state index in [0.717, 1.165) is 5.56 Å². The number of nitrogens with zero attached hydrogens (tertiary/aromatic N) is 3. The minimum Gasteiger partial charge on any atom is -0.345 e. The number of hydrogen-bond acceptors (Lipinski definition) is 3. The van der Waals surface area contributed by atoms with Crippen molar-refractivity contribution in [3.63, 3.8) is 0 Å². The number of carbonyl (C=O) groups is 2. The first kappa shape index (κ1) is 17.4. The fourth-order valence-corrected chi connectivity index (χ4v) is 2.51. The number of carbonyl (C=O) groups excluding carboxylic acids is 2. The van der Waals surface area contributed by atoms with Crippen molar-refractivity contribution in [1.29, 1.82) is 0 Å². The molecule has 0 unspecified atom stereocenters. The summed E-state index contributed by atoms with van der Waals surface area (Å²) in [6.45, 7) is 0.712. The summed E-state index contributed by atoms with van der Waals surface area (Å²) in [7, 11) is 3.41. The highest BCUT2D eigenvalue weighted by atomic mass is 16.2. The summed E-state index contributed by atoms with van der Waals surface area (Å²) < 4.78 is 1.96. The molecule has 0 spiro atoms. The molecule has 0 fully saturated rings. The second kappa shape index (κ2) is 7.65. The van der Waals surface area contributed by atoms with Crippen molar-refractivity contribution in [2.45, 2.75) is 6.54 Å². The Hall–Kier alpha value is -3.41. The van der Waals surface area contributed by atoms with E-state index in [9.17, 15) is 9.59 Å². The first-order valence-corrected chi connectivity index (χ1v) is 8.20. The van der Waals surface area contributed by atoms with E-state index in [1.54, 1.807) is 63.0 Å². The van der Waals surface area contributed by atoms with Gasteiger partial charge in [-0.1, -0.05) is 12.1 Å². The zero-order valence-corrected chi connectivity index (χ0v) is 14.7. The van der Waals surface area contributed by atoms with Crippen LogP contribution in [0.25, 0.3) is 0 Å². The second-order valence-electron chi connectivity index (χ2n) is 6.16. The minimum absolute atomic E-state index is 0.0728. The van der Waals surface area contributed by atoms with Gasteiger partial charge in [0.2, 0.25) is 0 Å². The molecule has 0 saturated heterocycles. The van der Waals surface area contributed by atoms with Gasteiger partial charge in [-0.3, -0.25) is 9.59 Å². The van der Waals surface area contributed by atoms with Crippen molar-refractivity contribution in [3.05, 3.63) is 83.9 Å². The van der Waals surface area contributed by atoms with Gasteiger partial charge in [0.1, 0.15) is 0 Å². The first-order valence-electron chi connectivity index (χ1n) is 8.20. The molecule has 6 heteroatoms. The summed E-state index contributed by atoms with van der Waals surface area (Å²) in [6, 6.07) is 14.3. The highest BCUT2D eigenvalue weighted by Gasteiger charge is 2.09. The third kappa shape index (κ3) is 4.16. The van der Waals surface area contributed by atoms with Crippen LogP contribution < -0.4 is 5.32 Å². The molecule has 0 radical (unpaired) electrons. The van der Waals surface area contributed by atoms with Crippen LogP contribution in [-0.4, -0.2) is 40.4 Å². The van der Waals surface area contributed by atoms with Crippen LogP contribution in [0.5, 0.6) is 0 Å². The molecule has 1 heterocycles. The van der Waals surface area contributed by atoms with Crippen molar-refractivity contribution in [3.8, 4) is 0 Å². The highest BCUT2D eigenvalue weighted by molar-refractivity contribution is 6.04. The lowest BCUT2D eigenvalue weighted by molar-refractivity contribution is 0.0827. The van der Waals surface area contributed by atoms with Crippen LogP contribution in [-0.2, 0) is 6.54 Å². The van der Waals surface area contributed by atoms with E-state index in [0.29, 0.717) is 23.4 Å². The Balaban J connectivity index is 1.63. The molecule has 0 aliphatic heterocycles. The van der Waals surface area contributed by atoms with Gasteiger partial charge >= 0.3 is 0 Å². The zero-order valence-electron chi connectivity index (χ0n) is 14.7. The summed E-state index contributed by atoms with van der Waals surface area (Å²) in [5, 5.41) is 2.84. The van der Waals surface area contributed by atoms with Crippen LogP contribution in [0.4, 0.5) is 5.69 Å². The van der Waals surface area contributed by atoms with Gasteiger partial charge in [0.15, 0.2) is 0 Å². The summed E-state index contributed by atoms with van der Waals surface area (Å²) in [4.78, 5) is 29.8. The van der Waals surface area contributed by atoms with Crippen LogP contribution in [0.1, 0.15) is 26.3 Å². The maximum atomic E-state index is 12.4. The normalized spacial score (nSPS) is 10.4. The minimum atomic E-state index is -0.189. The number of benzene rings is 2. The van der Waals surface area contributed by atoms with Crippen LogP contribution in [0, 0.1) is 0 Å². The first-order chi connectivity index (χ1) is 12.5. The lowest BCUT2D eigenvalue weighted by atomic mass is 10.1. The zero-order chi connectivity index (χ0) is 18.5. The molecule has 2 aromatic carbocycles. The fourth-order valence-electron chi connectivity index (χ4n) is 2.51. The van der Waals surface area contributed by atoms with E-state index in [-0.39, 0.29) is 11.8 Å². The van der Waals surface area contributed by atoms with Crippen molar-refractivity contribution >= 4 is 17.5 Å². The van der Waals surface area contributed by atoms with Crippen LogP contribution in [0.2, 0.25) is 0 Å². The lowest BCUT2D eigenvalue weighted by Gasteiger charge is -2.11. The Labute approximate surface area is 152 Å². The molecule has 3 rings (SSSR count). The number of imidazole rings is 1. The molecule has 0 saturated carbocycles. The van der Waals surface area contributed by atoms with Gasteiger partial charge in [0.25, 0.3) is 11.8 Å². The monoisotopic (exact) mass is 348 g/mol. The number of rotatable bonds is 5.